The van der Waals surface area contributed by atoms with Crippen molar-refractivity contribution in [1.82, 2.24) is 0 Å². The van der Waals surface area contributed by atoms with E-state index >= 15 is 0 Å². The van der Waals surface area contributed by atoms with E-state index in [9.17, 15) is 9.90 Å². The van der Waals surface area contributed by atoms with Crippen LogP contribution in [0.5, 0.6) is 0 Å². The molecule has 0 aromatic heterocycles. The number of Topliss-reactive ketones (excluding diaryl/α,β-unsaturated/α-hetero) is 1. The first-order chi connectivity index (χ1) is 14.5. The average Bonchev–Trinajstić information content (AvgIpc) is 3.03. The second-order valence-corrected chi connectivity index (χ2v) is 12.6. The van der Waals surface area contributed by atoms with Gasteiger partial charge in [-0.1, -0.05) is 72.1 Å². The van der Waals surface area contributed by atoms with E-state index in [0.29, 0.717) is 17.6 Å². The van der Waals surface area contributed by atoms with Crippen LogP contribution in [0.3, 0.4) is 0 Å². The van der Waals surface area contributed by atoms with Gasteiger partial charge < -0.3 is 5.11 Å². The molecule has 0 amide bonds. The molecule has 2 saturated carbocycles. The Hall–Kier alpha value is -0.890. The van der Waals surface area contributed by atoms with Gasteiger partial charge in [0.2, 0.25) is 0 Å². The lowest BCUT2D eigenvalue weighted by atomic mass is 9.52. The van der Waals surface area contributed by atoms with Crippen molar-refractivity contribution in [2.24, 2.45) is 46.3 Å². The van der Waals surface area contributed by atoms with Crippen LogP contribution in [-0.4, -0.2) is 17.0 Å². The Morgan fingerprint density at radius 2 is 1.74 bits per heavy atom. The first-order valence-electron chi connectivity index (χ1n) is 13.1. The van der Waals surface area contributed by atoms with E-state index in [2.05, 4.69) is 48.1 Å². The van der Waals surface area contributed by atoms with Crippen LogP contribution >= 0.6 is 0 Å². The molecule has 0 radical (unpaired) electrons. The van der Waals surface area contributed by atoms with E-state index in [0.717, 1.165) is 55.9 Å². The molecule has 174 valence electrons. The number of fused-ring (bicyclic) bond motifs is 2. The van der Waals surface area contributed by atoms with Crippen molar-refractivity contribution in [3.63, 3.8) is 0 Å². The number of aliphatic hydroxyl groups excluding tert-OH is 1. The lowest BCUT2D eigenvalue weighted by Gasteiger charge is -2.52. The fraction of sp³-hybridized carbons (Fsp3) is 0.828. The monoisotopic (exact) mass is 426 g/mol. The molecule has 0 aromatic rings. The van der Waals surface area contributed by atoms with E-state index in [1.165, 1.54) is 19.3 Å². The van der Waals surface area contributed by atoms with Crippen LogP contribution in [0.25, 0.3) is 0 Å². The fourth-order valence-electron chi connectivity index (χ4n) is 8.20. The molecule has 0 saturated heterocycles. The van der Waals surface area contributed by atoms with Crippen molar-refractivity contribution in [2.45, 2.75) is 105 Å². The third-order valence-corrected chi connectivity index (χ3v) is 10.7. The second-order valence-electron chi connectivity index (χ2n) is 12.6. The maximum atomic E-state index is 13.5. The number of hydrogen-bond acceptors (Lipinski definition) is 2. The normalized spacial score (nSPS) is 42.3. The first kappa shape index (κ1) is 23.3. The summed E-state index contributed by atoms with van der Waals surface area (Å²) in [6.45, 7) is 18.8. The van der Waals surface area contributed by atoms with Crippen LogP contribution in [0.15, 0.2) is 23.3 Å². The number of ketones is 1. The van der Waals surface area contributed by atoms with Gasteiger partial charge in [0, 0.05) is 12.3 Å². The highest BCUT2D eigenvalue weighted by Crippen LogP contribution is 2.67. The van der Waals surface area contributed by atoms with Gasteiger partial charge in [0.15, 0.2) is 0 Å². The van der Waals surface area contributed by atoms with Gasteiger partial charge in [-0.15, -0.1) is 0 Å². The highest BCUT2D eigenvalue weighted by atomic mass is 16.3. The Bertz CT molecular complexity index is 776. The Balaban J connectivity index is 1.69. The minimum atomic E-state index is -0.385. The number of allylic oxidation sites excluding steroid dienone is 2. The Morgan fingerprint density at radius 1 is 1.03 bits per heavy atom. The number of carbonyl (C=O) groups is 1. The van der Waals surface area contributed by atoms with Gasteiger partial charge in [0.25, 0.3) is 0 Å². The SMILES string of the molecule is C=C1[C@@H](O)CC[C@]2(C)C3=C4[C@@H](C[C@@H]12)C(=O)CC[C@H]([C@H](C)CC[C@@H](C)C(C)C)[C@@]4(C)CC3. The molecule has 0 bridgehead atoms. The number of rotatable bonds is 5. The summed E-state index contributed by atoms with van der Waals surface area (Å²) in [5, 5.41) is 10.5. The van der Waals surface area contributed by atoms with Crippen molar-refractivity contribution in [1.29, 1.82) is 0 Å². The quantitative estimate of drug-likeness (QED) is 0.475. The predicted molar refractivity (Wildman–Crippen MR) is 129 cm³/mol. The summed E-state index contributed by atoms with van der Waals surface area (Å²) in [6, 6.07) is 0. The fourth-order valence-corrected chi connectivity index (χ4v) is 8.20. The topological polar surface area (TPSA) is 37.3 Å². The Kier molecular flexibility index (Phi) is 6.12. The van der Waals surface area contributed by atoms with Gasteiger partial charge in [0.1, 0.15) is 5.78 Å². The van der Waals surface area contributed by atoms with E-state index in [4.69, 9.17) is 0 Å². The van der Waals surface area contributed by atoms with Gasteiger partial charge >= 0.3 is 0 Å². The molecule has 2 nitrogen and oxygen atoms in total. The molecule has 4 aliphatic carbocycles. The molecule has 31 heavy (non-hydrogen) atoms. The predicted octanol–water partition coefficient (Wildman–Crippen LogP) is 7.12. The van der Waals surface area contributed by atoms with Gasteiger partial charge in [-0.05, 0) is 84.5 Å². The van der Waals surface area contributed by atoms with Gasteiger partial charge in [-0.25, -0.2) is 0 Å². The smallest absolute Gasteiger partial charge is 0.140 e. The molecular weight excluding hydrogens is 380 g/mol. The van der Waals surface area contributed by atoms with E-state index in [1.54, 1.807) is 11.1 Å². The summed E-state index contributed by atoms with van der Waals surface area (Å²) in [5.74, 6) is 3.61. The van der Waals surface area contributed by atoms with Crippen molar-refractivity contribution in [3.8, 4) is 0 Å². The summed E-state index contributed by atoms with van der Waals surface area (Å²) < 4.78 is 0. The van der Waals surface area contributed by atoms with Crippen molar-refractivity contribution < 1.29 is 9.90 Å². The van der Waals surface area contributed by atoms with Crippen molar-refractivity contribution in [3.05, 3.63) is 23.3 Å². The zero-order valence-electron chi connectivity index (χ0n) is 21.0. The summed E-state index contributed by atoms with van der Waals surface area (Å²) >= 11 is 0. The molecule has 0 aromatic carbocycles. The molecule has 2 fully saturated rings. The average molecular weight is 427 g/mol. The molecule has 0 heterocycles. The standard InChI is InChI=1S/C29H46O2/c1-17(2)18(3)8-9-19(4)22-10-11-26(31)21-16-24-20(5)25(30)13-15-28(24,6)23-12-14-29(22,7)27(21)23/h17-19,21-22,24-25,30H,5,8-16H2,1-4,6-7H3/t18-,19-,21+,22-,24+,25+,28-,29-/m1/s1. The molecule has 1 N–H and O–H groups in total. The van der Waals surface area contributed by atoms with Crippen LogP contribution in [0.1, 0.15) is 99.3 Å². The molecule has 4 rings (SSSR count). The lowest BCUT2D eigenvalue weighted by molar-refractivity contribution is -0.122. The number of aliphatic hydroxyl groups is 1. The van der Waals surface area contributed by atoms with Crippen LogP contribution in [0.2, 0.25) is 0 Å². The van der Waals surface area contributed by atoms with Crippen LogP contribution in [0.4, 0.5) is 0 Å². The summed E-state index contributed by atoms with van der Waals surface area (Å²) in [6.07, 6.45) is 9.12. The van der Waals surface area contributed by atoms with Gasteiger partial charge in [-0.2, -0.15) is 0 Å². The third kappa shape index (κ3) is 3.60. The van der Waals surface area contributed by atoms with Crippen molar-refractivity contribution in [2.75, 3.05) is 0 Å². The van der Waals surface area contributed by atoms with Gasteiger partial charge in [0.05, 0.1) is 6.10 Å². The van der Waals surface area contributed by atoms with Crippen molar-refractivity contribution >= 4 is 5.78 Å². The summed E-state index contributed by atoms with van der Waals surface area (Å²) in [5.41, 5.74) is 4.44. The van der Waals surface area contributed by atoms with E-state index in [-0.39, 0.29) is 28.8 Å². The summed E-state index contributed by atoms with van der Waals surface area (Å²) in [4.78, 5) is 13.5. The Morgan fingerprint density at radius 3 is 2.42 bits per heavy atom. The molecule has 0 unspecified atom stereocenters. The number of carbonyl (C=O) groups excluding carboxylic acids is 1. The largest absolute Gasteiger partial charge is 0.389 e. The zero-order chi connectivity index (χ0) is 22.7. The maximum absolute atomic E-state index is 13.5. The van der Waals surface area contributed by atoms with Crippen LogP contribution in [0, 0.1) is 46.3 Å². The highest BCUT2D eigenvalue weighted by Gasteiger charge is 2.59. The zero-order valence-corrected chi connectivity index (χ0v) is 21.0. The molecule has 4 aliphatic rings. The van der Waals surface area contributed by atoms with Gasteiger partial charge in [-0.3, -0.25) is 4.79 Å². The highest BCUT2D eigenvalue weighted by molar-refractivity contribution is 5.85. The summed E-state index contributed by atoms with van der Waals surface area (Å²) in [7, 11) is 0. The van der Waals surface area contributed by atoms with Crippen LogP contribution < -0.4 is 0 Å². The molecule has 0 aliphatic heterocycles. The van der Waals surface area contributed by atoms with E-state index in [1.807, 2.05) is 0 Å². The maximum Gasteiger partial charge on any atom is 0.140 e. The molecule has 8 atom stereocenters. The second kappa shape index (κ2) is 8.15. The Labute approximate surface area is 191 Å². The molecular formula is C29H46O2. The minimum Gasteiger partial charge on any atom is -0.389 e. The number of hydrogen-bond donors (Lipinski definition) is 1. The molecule has 2 heteroatoms. The van der Waals surface area contributed by atoms with Crippen LogP contribution in [-0.2, 0) is 4.79 Å². The third-order valence-electron chi connectivity index (χ3n) is 10.7. The van der Waals surface area contributed by atoms with E-state index < -0.39 is 0 Å². The first-order valence-corrected chi connectivity index (χ1v) is 13.1. The molecule has 0 spiro atoms. The minimum absolute atomic E-state index is 0.0782. The lowest BCUT2D eigenvalue weighted by Crippen LogP contribution is -2.46.